The third-order valence-corrected chi connectivity index (χ3v) is 1.43. The normalized spacial score (nSPS) is 29.8. The molecule has 0 spiro atoms. The molecule has 0 aromatic rings. The van der Waals surface area contributed by atoms with Gasteiger partial charge in [-0.2, -0.15) is 0 Å². The summed E-state index contributed by atoms with van der Waals surface area (Å²) in [4.78, 5) is 12.9. The molecule has 0 aliphatic carbocycles. The van der Waals surface area contributed by atoms with Crippen molar-refractivity contribution in [1.29, 1.82) is 0 Å². The fraction of sp³-hybridized carbons (Fsp3) is 0.400. The van der Waals surface area contributed by atoms with Crippen LogP contribution in [0, 0.1) is 10.1 Å². The summed E-state index contributed by atoms with van der Waals surface area (Å²) in [5.74, 6) is 0. The Kier molecular flexibility index (Phi) is 1.92. The molecule has 1 atom stereocenters. The molecular formula is C5H5ClN2O3. The van der Waals surface area contributed by atoms with Gasteiger partial charge in [0.2, 0.25) is 0 Å². The average molecular weight is 177 g/mol. The smallest absolute Gasteiger partial charge is 0.326 e. The van der Waals surface area contributed by atoms with Crippen LogP contribution in [0.25, 0.3) is 0 Å². The lowest BCUT2D eigenvalue weighted by atomic mass is 10.2. The quantitative estimate of drug-likeness (QED) is 0.351. The van der Waals surface area contributed by atoms with E-state index in [0.29, 0.717) is 0 Å². The van der Waals surface area contributed by atoms with Crippen molar-refractivity contribution in [2.24, 2.45) is 4.99 Å². The predicted octanol–water partition coefficient (Wildman–Crippen LogP) is 0.159. The molecule has 0 aromatic carbocycles. The Morgan fingerprint density at radius 2 is 2.55 bits per heavy atom. The van der Waals surface area contributed by atoms with Crippen LogP contribution in [0.4, 0.5) is 0 Å². The molecule has 5 nitrogen and oxygen atoms in total. The van der Waals surface area contributed by atoms with E-state index in [1.54, 1.807) is 0 Å². The second-order valence-corrected chi connectivity index (χ2v) is 2.57. The van der Waals surface area contributed by atoms with Gasteiger partial charge in [0.1, 0.15) is 6.54 Å². The summed E-state index contributed by atoms with van der Waals surface area (Å²) in [6.07, 6.45) is 2.22. The number of aliphatic hydroxyl groups is 1. The third kappa shape index (κ3) is 1.55. The van der Waals surface area contributed by atoms with Crippen molar-refractivity contribution in [3.63, 3.8) is 0 Å². The van der Waals surface area contributed by atoms with Gasteiger partial charge in [0, 0.05) is 12.3 Å². The van der Waals surface area contributed by atoms with Crippen LogP contribution in [0.2, 0.25) is 0 Å². The minimum Gasteiger partial charge on any atom is -0.326 e. The molecule has 1 heterocycles. The van der Waals surface area contributed by atoms with Gasteiger partial charge in [-0.25, -0.2) is 0 Å². The first-order valence-corrected chi connectivity index (χ1v) is 3.17. The number of rotatable bonds is 1. The summed E-state index contributed by atoms with van der Waals surface area (Å²) in [6, 6.07) is 0. The fourth-order valence-electron chi connectivity index (χ4n) is 0.681. The lowest BCUT2D eigenvalue weighted by molar-refractivity contribution is -0.604. The average Bonchev–Trinajstić information content (AvgIpc) is 1.86. The Labute approximate surface area is 67.1 Å². The topological polar surface area (TPSA) is 75.7 Å². The van der Waals surface area contributed by atoms with Crippen LogP contribution < -0.4 is 0 Å². The second-order valence-electron chi connectivity index (χ2n) is 2.13. The molecular weight excluding hydrogens is 172 g/mol. The van der Waals surface area contributed by atoms with E-state index in [1.807, 2.05) is 0 Å². The second kappa shape index (κ2) is 2.60. The summed E-state index contributed by atoms with van der Waals surface area (Å²) in [5, 5.41) is 19.4. The summed E-state index contributed by atoms with van der Waals surface area (Å²) >= 11 is 5.39. The minimum atomic E-state index is -2.12. The maximum Gasteiger partial charge on any atom is 0.363 e. The van der Waals surface area contributed by atoms with Crippen LogP contribution in [-0.4, -0.2) is 28.5 Å². The molecule has 0 bridgehead atoms. The van der Waals surface area contributed by atoms with Gasteiger partial charge < -0.3 is 5.11 Å². The number of nitro groups is 1. The van der Waals surface area contributed by atoms with Crippen LogP contribution in [0.3, 0.4) is 0 Å². The van der Waals surface area contributed by atoms with E-state index < -0.39 is 10.6 Å². The Hall–Kier alpha value is -0.940. The van der Waals surface area contributed by atoms with Gasteiger partial charge in [0.25, 0.3) is 0 Å². The molecule has 0 saturated heterocycles. The highest BCUT2D eigenvalue weighted by atomic mass is 35.5. The van der Waals surface area contributed by atoms with E-state index in [1.165, 1.54) is 6.21 Å². The minimum absolute atomic E-state index is 0.0791. The van der Waals surface area contributed by atoms with E-state index >= 15 is 0 Å². The molecule has 0 aromatic heterocycles. The summed E-state index contributed by atoms with van der Waals surface area (Å²) < 4.78 is 0. The molecule has 1 aliphatic rings. The summed E-state index contributed by atoms with van der Waals surface area (Å²) in [6.45, 7) is -0.282. The molecule has 0 amide bonds. The molecule has 1 unspecified atom stereocenters. The maximum atomic E-state index is 10.2. The van der Waals surface area contributed by atoms with Crippen molar-refractivity contribution in [2.45, 2.75) is 5.72 Å². The van der Waals surface area contributed by atoms with Crippen molar-refractivity contribution < 1.29 is 10.0 Å². The highest BCUT2D eigenvalue weighted by Gasteiger charge is 2.39. The number of dihydropyridines is 1. The molecule has 0 fully saturated rings. The van der Waals surface area contributed by atoms with Crippen LogP contribution in [-0.2, 0) is 0 Å². The standard InChI is InChI=1S/C5H5ClN2O3/c6-4-1-5(9,8(10)11)3-7-2-4/h1-2,9H,3H2. The van der Waals surface area contributed by atoms with Crippen molar-refractivity contribution >= 4 is 17.8 Å². The number of nitrogens with zero attached hydrogens (tertiary/aromatic N) is 2. The molecule has 6 heteroatoms. The summed E-state index contributed by atoms with van der Waals surface area (Å²) in [7, 11) is 0. The first kappa shape index (κ1) is 8.16. The zero-order valence-corrected chi connectivity index (χ0v) is 6.15. The van der Waals surface area contributed by atoms with Gasteiger partial charge in [-0.05, 0) is 0 Å². The highest BCUT2D eigenvalue weighted by molar-refractivity contribution is 6.39. The van der Waals surface area contributed by atoms with E-state index in [4.69, 9.17) is 16.7 Å². The van der Waals surface area contributed by atoms with Gasteiger partial charge >= 0.3 is 5.72 Å². The molecule has 1 aliphatic heterocycles. The van der Waals surface area contributed by atoms with Gasteiger partial charge in [-0.15, -0.1) is 0 Å². The van der Waals surface area contributed by atoms with Gasteiger partial charge in [0.05, 0.1) is 9.96 Å². The molecule has 0 saturated carbocycles. The Morgan fingerprint density at radius 1 is 1.91 bits per heavy atom. The molecule has 1 N–H and O–H groups in total. The number of allylic oxidation sites excluding steroid dienone is 1. The van der Waals surface area contributed by atoms with Crippen molar-refractivity contribution in [1.82, 2.24) is 0 Å². The number of aliphatic imine (C=N–C) groups is 1. The van der Waals surface area contributed by atoms with Crippen LogP contribution >= 0.6 is 11.6 Å². The fourth-order valence-corrected chi connectivity index (χ4v) is 0.925. The highest BCUT2D eigenvalue weighted by Crippen LogP contribution is 2.16. The lowest BCUT2D eigenvalue weighted by Crippen LogP contribution is -2.40. The predicted molar refractivity (Wildman–Crippen MR) is 39.2 cm³/mol. The number of halogens is 1. The molecule has 1 rings (SSSR count). The van der Waals surface area contributed by atoms with Gasteiger partial charge in [-0.3, -0.25) is 15.1 Å². The van der Waals surface area contributed by atoms with Crippen LogP contribution in [0.5, 0.6) is 0 Å². The lowest BCUT2D eigenvalue weighted by Gasteiger charge is -2.15. The number of hydrogen-bond donors (Lipinski definition) is 1. The van der Waals surface area contributed by atoms with Crippen LogP contribution in [0.1, 0.15) is 0 Å². The van der Waals surface area contributed by atoms with E-state index in [0.717, 1.165) is 6.08 Å². The first-order chi connectivity index (χ1) is 5.04. The first-order valence-electron chi connectivity index (χ1n) is 2.80. The Morgan fingerprint density at radius 3 is 2.91 bits per heavy atom. The van der Waals surface area contributed by atoms with E-state index in [-0.39, 0.29) is 11.6 Å². The van der Waals surface area contributed by atoms with Crippen molar-refractivity contribution in [3.05, 3.63) is 21.2 Å². The van der Waals surface area contributed by atoms with E-state index in [9.17, 15) is 10.1 Å². The largest absolute Gasteiger partial charge is 0.363 e. The zero-order valence-electron chi connectivity index (χ0n) is 5.40. The summed E-state index contributed by atoms with van der Waals surface area (Å²) in [5.41, 5.74) is -2.12. The molecule has 60 valence electrons. The Balaban J connectivity index is 2.92. The Bertz CT molecular complexity index is 250. The monoisotopic (exact) mass is 176 g/mol. The van der Waals surface area contributed by atoms with Gasteiger partial charge in [-0.1, -0.05) is 11.6 Å². The molecule has 11 heavy (non-hydrogen) atoms. The van der Waals surface area contributed by atoms with Gasteiger partial charge in [0.15, 0.2) is 0 Å². The third-order valence-electron chi connectivity index (χ3n) is 1.22. The maximum absolute atomic E-state index is 10.2. The van der Waals surface area contributed by atoms with Crippen molar-refractivity contribution in [3.8, 4) is 0 Å². The SMILES string of the molecule is O=[N+]([O-])C1(O)C=C(Cl)C=NC1. The zero-order chi connectivity index (χ0) is 8.48. The van der Waals surface area contributed by atoms with Crippen molar-refractivity contribution in [2.75, 3.05) is 6.54 Å². The van der Waals surface area contributed by atoms with E-state index in [2.05, 4.69) is 4.99 Å². The molecule has 0 radical (unpaired) electrons. The number of hydrogen-bond acceptors (Lipinski definition) is 4. The van der Waals surface area contributed by atoms with Crippen LogP contribution in [0.15, 0.2) is 16.1 Å².